The van der Waals surface area contributed by atoms with Crippen LogP contribution in [0, 0.1) is 0 Å². The Bertz CT molecular complexity index is 1340. The molecule has 10 heteroatoms. The molecular formula is C26H28N8O2. The van der Waals surface area contributed by atoms with Crippen LogP contribution in [0.25, 0.3) is 0 Å². The van der Waals surface area contributed by atoms with Crippen LogP contribution in [0.3, 0.4) is 0 Å². The van der Waals surface area contributed by atoms with Crippen molar-refractivity contribution in [1.82, 2.24) is 30.0 Å². The molecule has 36 heavy (non-hydrogen) atoms. The van der Waals surface area contributed by atoms with E-state index in [-0.39, 0.29) is 5.91 Å². The van der Waals surface area contributed by atoms with Crippen molar-refractivity contribution >= 4 is 17.5 Å². The molecule has 0 aliphatic carbocycles. The predicted molar refractivity (Wildman–Crippen MR) is 134 cm³/mol. The zero-order chi connectivity index (χ0) is 24.5. The number of carbonyl (C=O) groups is 1. The van der Waals surface area contributed by atoms with Gasteiger partial charge in [-0.15, -0.1) is 0 Å². The SMILES string of the molecule is COc1ccc(N2Cc3cnc(NCc4ccc[nH]4)nc3C3(CCN(Cc4cc[nH]n4)C3)C2=O)cc1. The van der Waals surface area contributed by atoms with Crippen LogP contribution < -0.4 is 15.0 Å². The number of methoxy groups -OCH3 is 1. The third-order valence-electron chi connectivity index (χ3n) is 7.08. The standard InChI is InChI=1S/C26H28N8O2/c1-36-22-6-4-21(5-7-22)34-15-18-13-28-25(29-14-19-3-2-10-27-19)31-23(18)26(24(34)35)9-12-33(17-26)16-20-8-11-30-32-20/h2-8,10-11,13,27H,9,12,14-17H2,1H3,(H,30,32)(H,28,29,31). The molecule has 1 amide bonds. The number of nitrogens with zero attached hydrogens (tertiary/aromatic N) is 5. The van der Waals surface area contributed by atoms with E-state index in [0.717, 1.165) is 40.6 Å². The van der Waals surface area contributed by atoms with Crippen LogP contribution in [0.5, 0.6) is 5.75 Å². The predicted octanol–water partition coefficient (Wildman–Crippen LogP) is 2.84. The van der Waals surface area contributed by atoms with Crippen molar-refractivity contribution in [2.75, 3.05) is 30.4 Å². The zero-order valence-corrected chi connectivity index (χ0v) is 20.1. The average Bonchev–Trinajstić information content (AvgIpc) is 3.69. The summed E-state index contributed by atoms with van der Waals surface area (Å²) >= 11 is 0. The molecule has 2 aliphatic rings. The Labute approximate surface area is 208 Å². The van der Waals surface area contributed by atoms with Gasteiger partial charge in [-0.1, -0.05) is 0 Å². The first-order valence-electron chi connectivity index (χ1n) is 12.0. The number of H-pyrrole nitrogens is 2. The second-order valence-electron chi connectivity index (χ2n) is 9.31. The van der Waals surface area contributed by atoms with E-state index in [2.05, 4.69) is 30.4 Å². The third-order valence-corrected chi connectivity index (χ3v) is 7.08. The van der Waals surface area contributed by atoms with Gasteiger partial charge in [-0.2, -0.15) is 5.10 Å². The van der Waals surface area contributed by atoms with Gasteiger partial charge in [-0.25, -0.2) is 9.97 Å². The van der Waals surface area contributed by atoms with Gasteiger partial charge >= 0.3 is 0 Å². The summed E-state index contributed by atoms with van der Waals surface area (Å²) in [6, 6.07) is 13.6. The summed E-state index contributed by atoms with van der Waals surface area (Å²) in [4.78, 5) is 31.1. The maximum Gasteiger partial charge on any atom is 0.240 e. The molecule has 3 N–H and O–H groups in total. The van der Waals surface area contributed by atoms with E-state index in [0.29, 0.717) is 38.5 Å². The number of amides is 1. The van der Waals surface area contributed by atoms with Crippen LogP contribution in [0.15, 0.2) is 61.1 Å². The topological polar surface area (TPSA) is 115 Å². The minimum atomic E-state index is -0.754. The molecule has 1 spiro atoms. The lowest BCUT2D eigenvalue weighted by Gasteiger charge is -2.40. The molecule has 6 rings (SSSR count). The highest BCUT2D eigenvalue weighted by molar-refractivity contribution is 6.03. The van der Waals surface area contributed by atoms with Crippen molar-refractivity contribution in [2.45, 2.75) is 31.5 Å². The summed E-state index contributed by atoms with van der Waals surface area (Å²) in [5, 5.41) is 10.5. The van der Waals surface area contributed by atoms with Crippen molar-refractivity contribution in [2.24, 2.45) is 0 Å². The van der Waals surface area contributed by atoms with Crippen molar-refractivity contribution in [3.8, 4) is 5.75 Å². The van der Waals surface area contributed by atoms with E-state index in [1.165, 1.54) is 0 Å². The molecule has 3 aromatic heterocycles. The monoisotopic (exact) mass is 484 g/mol. The molecule has 1 atom stereocenters. The molecular weight excluding hydrogens is 456 g/mol. The summed E-state index contributed by atoms with van der Waals surface area (Å²) < 4.78 is 5.31. The van der Waals surface area contributed by atoms with Crippen LogP contribution in [0.2, 0.25) is 0 Å². The smallest absolute Gasteiger partial charge is 0.240 e. The first-order chi connectivity index (χ1) is 17.6. The van der Waals surface area contributed by atoms with Gasteiger partial charge in [-0.3, -0.25) is 14.8 Å². The highest BCUT2D eigenvalue weighted by atomic mass is 16.5. The fourth-order valence-electron chi connectivity index (χ4n) is 5.25. The largest absolute Gasteiger partial charge is 0.497 e. The number of anilines is 2. The van der Waals surface area contributed by atoms with Gasteiger partial charge in [0.25, 0.3) is 0 Å². The molecule has 2 aliphatic heterocycles. The van der Waals surface area contributed by atoms with Crippen LogP contribution in [-0.4, -0.2) is 56.2 Å². The van der Waals surface area contributed by atoms with Crippen LogP contribution >= 0.6 is 0 Å². The molecule has 0 bridgehead atoms. The number of hydrogen-bond donors (Lipinski definition) is 3. The molecule has 10 nitrogen and oxygen atoms in total. The third kappa shape index (κ3) is 3.99. The van der Waals surface area contributed by atoms with Crippen LogP contribution in [-0.2, 0) is 29.8 Å². The lowest BCUT2D eigenvalue weighted by Crippen LogP contribution is -2.53. The van der Waals surface area contributed by atoms with E-state index >= 15 is 0 Å². The van der Waals surface area contributed by atoms with Crippen molar-refractivity contribution in [3.63, 3.8) is 0 Å². The summed E-state index contributed by atoms with van der Waals surface area (Å²) in [6.07, 6.45) is 6.26. The summed E-state index contributed by atoms with van der Waals surface area (Å²) in [5.74, 6) is 1.35. The Balaban J connectivity index is 1.35. The second kappa shape index (κ2) is 9.12. The summed E-state index contributed by atoms with van der Waals surface area (Å²) in [5.41, 5.74) is 3.88. The Morgan fingerprint density at radius 1 is 1.17 bits per heavy atom. The minimum Gasteiger partial charge on any atom is -0.497 e. The number of hydrogen-bond acceptors (Lipinski definition) is 7. The van der Waals surface area contributed by atoms with Gasteiger partial charge < -0.3 is 19.9 Å². The molecule has 1 saturated heterocycles. The molecule has 5 heterocycles. The van der Waals surface area contributed by atoms with Gasteiger partial charge in [0, 0.05) is 55.2 Å². The van der Waals surface area contributed by atoms with Crippen molar-refractivity contribution < 1.29 is 9.53 Å². The zero-order valence-electron chi connectivity index (χ0n) is 20.1. The normalized spacial score (nSPS) is 19.6. The number of benzene rings is 1. The van der Waals surface area contributed by atoms with Gasteiger partial charge in [0.05, 0.1) is 31.6 Å². The van der Waals surface area contributed by atoms with E-state index in [9.17, 15) is 4.79 Å². The maximum atomic E-state index is 14.2. The van der Waals surface area contributed by atoms with Crippen molar-refractivity contribution in [1.29, 1.82) is 0 Å². The lowest BCUT2D eigenvalue weighted by molar-refractivity contribution is -0.124. The number of rotatable bonds is 7. The Kier molecular flexibility index (Phi) is 5.65. The minimum absolute atomic E-state index is 0.0683. The molecule has 184 valence electrons. The number of carbonyl (C=O) groups excluding carboxylic acids is 1. The second-order valence-corrected chi connectivity index (χ2v) is 9.31. The Morgan fingerprint density at radius 3 is 2.81 bits per heavy atom. The molecule has 4 aromatic rings. The van der Waals surface area contributed by atoms with Crippen molar-refractivity contribution in [3.05, 3.63) is 83.7 Å². The molecule has 1 aromatic carbocycles. The highest BCUT2D eigenvalue weighted by Crippen LogP contribution is 2.43. The number of fused-ring (bicyclic) bond motifs is 2. The highest BCUT2D eigenvalue weighted by Gasteiger charge is 2.53. The molecule has 0 radical (unpaired) electrons. The van der Waals surface area contributed by atoms with Gasteiger partial charge in [-0.05, 0) is 48.9 Å². The summed E-state index contributed by atoms with van der Waals surface area (Å²) in [7, 11) is 1.64. The maximum absolute atomic E-state index is 14.2. The lowest BCUT2D eigenvalue weighted by atomic mass is 9.77. The van der Waals surface area contributed by atoms with E-state index in [1.54, 1.807) is 7.11 Å². The molecule has 0 saturated carbocycles. The van der Waals surface area contributed by atoms with E-state index in [1.807, 2.05) is 66.0 Å². The fourth-order valence-corrected chi connectivity index (χ4v) is 5.25. The number of ether oxygens (including phenoxy) is 1. The molecule has 1 unspecified atom stereocenters. The first-order valence-corrected chi connectivity index (χ1v) is 12.0. The van der Waals surface area contributed by atoms with Gasteiger partial charge in [0.1, 0.15) is 11.2 Å². The fraction of sp³-hybridized carbons (Fsp3) is 0.308. The van der Waals surface area contributed by atoms with E-state index < -0.39 is 5.41 Å². The Morgan fingerprint density at radius 2 is 2.06 bits per heavy atom. The first kappa shape index (κ1) is 22.3. The number of aromatic nitrogens is 5. The van der Waals surface area contributed by atoms with Crippen LogP contribution in [0.4, 0.5) is 11.6 Å². The van der Waals surface area contributed by atoms with Gasteiger partial charge in [0.2, 0.25) is 11.9 Å². The quantitative estimate of drug-likeness (QED) is 0.369. The number of aromatic amines is 2. The van der Waals surface area contributed by atoms with Gasteiger partial charge in [0.15, 0.2) is 0 Å². The number of likely N-dealkylation sites (tertiary alicyclic amines) is 1. The van der Waals surface area contributed by atoms with E-state index in [4.69, 9.17) is 9.72 Å². The molecule has 1 fully saturated rings. The average molecular weight is 485 g/mol. The Hall–Kier alpha value is -4.18. The number of nitrogens with one attached hydrogen (secondary N) is 3. The van der Waals surface area contributed by atoms with Crippen LogP contribution in [0.1, 0.15) is 29.1 Å². The summed E-state index contributed by atoms with van der Waals surface area (Å²) in [6.45, 7) is 3.04.